The Kier molecular flexibility index (Phi) is 3.75. The van der Waals surface area contributed by atoms with Gasteiger partial charge < -0.3 is 4.90 Å². The molecule has 1 aromatic rings. The molecule has 1 fully saturated rings. The maximum absolute atomic E-state index is 12.3. The van der Waals surface area contributed by atoms with E-state index in [4.69, 9.17) is 0 Å². The number of pyridine rings is 1. The van der Waals surface area contributed by atoms with Crippen molar-refractivity contribution in [1.29, 1.82) is 0 Å². The SMILES string of the molecule is CC(C)C(=O)C1CCCN1C(=O)c1ccccn1. The molecule has 0 saturated carbocycles. The summed E-state index contributed by atoms with van der Waals surface area (Å²) in [7, 11) is 0. The van der Waals surface area contributed by atoms with Crippen LogP contribution >= 0.6 is 0 Å². The highest BCUT2D eigenvalue weighted by molar-refractivity contribution is 5.97. The Morgan fingerprint density at radius 1 is 1.39 bits per heavy atom. The first-order valence-corrected chi connectivity index (χ1v) is 6.37. The Bertz CT molecular complexity index is 442. The van der Waals surface area contributed by atoms with Gasteiger partial charge in [0.15, 0.2) is 5.78 Å². The first kappa shape index (κ1) is 12.7. The summed E-state index contributed by atoms with van der Waals surface area (Å²) in [6.45, 7) is 4.41. The molecule has 1 aliphatic rings. The number of nitrogens with zero attached hydrogens (tertiary/aromatic N) is 2. The second-order valence-electron chi connectivity index (χ2n) is 4.93. The lowest BCUT2D eigenvalue weighted by Gasteiger charge is -2.24. The van der Waals surface area contributed by atoms with Gasteiger partial charge in [-0.3, -0.25) is 14.6 Å². The van der Waals surface area contributed by atoms with Gasteiger partial charge in [0.25, 0.3) is 5.91 Å². The molecule has 0 N–H and O–H groups in total. The molecule has 1 amide bonds. The van der Waals surface area contributed by atoms with Crippen LogP contribution < -0.4 is 0 Å². The lowest BCUT2D eigenvalue weighted by Crippen LogP contribution is -2.42. The number of carbonyl (C=O) groups is 2. The molecule has 1 aromatic heterocycles. The molecule has 0 bridgehead atoms. The summed E-state index contributed by atoms with van der Waals surface area (Å²) >= 11 is 0. The molecule has 0 spiro atoms. The van der Waals surface area contributed by atoms with Gasteiger partial charge >= 0.3 is 0 Å². The number of amides is 1. The van der Waals surface area contributed by atoms with E-state index in [-0.39, 0.29) is 23.7 Å². The fourth-order valence-corrected chi connectivity index (χ4v) is 2.33. The van der Waals surface area contributed by atoms with E-state index in [2.05, 4.69) is 4.98 Å². The van der Waals surface area contributed by atoms with E-state index >= 15 is 0 Å². The summed E-state index contributed by atoms with van der Waals surface area (Å²) in [5.74, 6) is -0.0176. The Balaban J connectivity index is 2.17. The molecule has 18 heavy (non-hydrogen) atoms. The standard InChI is InChI=1S/C14H18N2O2/c1-10(2)13(17)12-7-5-9-16(12)14(18)11-6-3-4-8-15-11/h3-4,6,8,10,12H,5,7,9H2,1-2H3. The van der Waals surface area contributed by atoms with Crippen LogP contribution in [-0.4, -0.2) is 34.2 Å². The van der Waals surface area contributed by atoms with Crippen LogP contribution in [0.3, 0.4) is 0 Å². The summed E-state index contributed by atoms with van der Waals surface area (Å²) in [5.41, 5.74) is 0.418. The lowest BCUT2D eigenvalue weighted by atomic mass is 10.00. The van der Waals surface area contributed by atoms with Gasteiger partial charge in [0.05, 0.1) is 6.04 Å². The number of hydrogen-bond donors (Lipinski definition) is 0. The molecule has 0 aromatic carbocycles. The minimum Gasteiger partial charge on any atom is -0.327 e. The van der Waals surface area contributed by atoms with Gasteiger partial charge in [0.1, 0.15) is 5.69 Å². The van der Waals surface area contributed by atoms with Crippen molar-refractivity contribution in [2.45, 2.75) is 32.7 Å². The fourth-order valence-electron chi connectivity index (χ4n) is 2.33. The highest BCUT2D eigenvalue weighted by Gasteiger charge is 2.35. The van der Waals surface area contributed by atoms with E-state index in [9.17, 15) is 9.59 Å². The Hall–Kier alpha value is -1.71. The largest absolute Gasteiger partial charge is 0.327 e. The van der Waals surface area contributed by atoms with E-state index in [1.807, 2.05) is 13.8 Å². The van der Waals surface area contributed by atoms with Gasteiger partial charge in [-0.25, -0.2) is 0 Å². The number of hydrogen-bond acceptors (Lipinski definition) is 3. The first-order valence-electron chi connectivity index (χ1n) is 6.37. The van der Waals surface area contributed by atoms with E-state index in [0.717, 1.165) is 12.8 Å². The van der Waals surface area contributed by atoms with Gasteiger partial charge in [0.2, 0.25) is 0 Å². The van der Waals surface area contributed by atoms with Crippen molar-refractivity contribution in [3.8, 4) is 0 Å². The third kappa shape index (κ3) is 2.42. The van der Waals surface area contributed by atoms with Crippen LogP contribution in [0.25, 0.3) is 0 Å². The van der Waals surface area contributed by atoms with E-state index < -0.39 is 0 Å². The molecule has 1 atom stereocenters. The molecule has 4 nitrogen and oxygen atoms in total. The number of ketones is 1. The third-order valence-corrected chi connectivity index (χ3v) is 3.30. The first-order chi connectivity index (χ1) is 8.61. The Morgan fingerprint density at radius 2 is 2.17 bits per heavy atom. The van der Waals surface area contributed by atoms with Crippen LogP contribution in [0.4, 0.5) is 0 Å². The fraction of sp³-hybridized carbons (Fsp3) is 0.500. The summed E-state index contributed by atoms with van der Waals surface area (Å²) in [4.78, 5) is 30.1. The van der Waals surface area contributed by atoms with Crippen LogP contribution in [0.1, 0.15) is 37.2 Å². The van der Waals surface area contributed by atoms with Crippen molar-refractivity contribution in [3.63, 3.8) is 0 Å². The maximum Gasteiger partial charge on any atom is 0.273 e. The number of rotatable bonds is 3. The molecule has 0 aliphatic carbocycles. The molecule has 0 radical (unpaired) electrons. The van der Waals surface area contributed by atoms with Crippen LogP contribution in [0.15, 0.2) is 24.4 Å². The smallest absolute Gasteiger partial charge is 0.273 e. The summed E-state index contributed by atoms with van der Waals surface area (Å²) in [6, 6.07) is 4.99. The summed E-state index contributed by atoms with van der Waals surface area (Å²) < 4.78 is 0. The lowest BCUT2D eigenvalue weighted by molar-refractivity contribution is -0.125. The number of carbonyl (C=O) groups excluding carboxylic acids is 2. The number of likely N-dealkylation sites (tertiary alicyclic amines) is 1. The van der Waals surface area contributed by atoms with Gasteiger partial charge in [-0.1, -0.05) is 19.9 Å². The molecule has 2 rings (SSSR count). The van der Waals surface area contributed by atoms with Gasteiger partial charge in [-0.15, -0.1) is 0 Å². The van der Waals surface area contributed by atoms with Crippen molar-refractivity contribution in [1.82, 2.24) is 9.88 Å². The van der Waals surface area contributed by atoms with Crippen molar-refractivity contribution < 1.29 is 9.59 Å². The third-order valence-electron chi connectivity index (χ3n) is 3.30. The second kappa shape index (κ2) is 5.29. The van der Waals surface area contributed by atoms with Crippen LogP contribution in [0.2, 0.25) is 0 Å². The van der Waals surface area contributed by atoms with Gasteiger partial charge in [0, 0.05) is 18.7 Å². The van der Waals surface area contributed by atoms with Crippen molar-refractivity contribution >= 4 is 11.7 Å². The van der Waals surface area contributed by atoms with Crippen molar-refractivity contribution in [2.75, 3.05) is 6.54 Å². The van der Waals surface area contributed by atoms with Gasteiger partial charge in [-0.2, -0.15) is 0 Å². The molecular weight excluding hydrogens is 228 g/mol. The molecule has 1 aliphatic heterocycles. The van der Waals surface area contributed by atoms with Crippen LogP contribution in [0, 0.1) is 5.92 Å². The minimum absolute atomic E-state index is 0.0351. The summed E-state index contributed by atoms with van der Waals surface area (Å²) in [5, 5.41) is 0. The highest BCUT2D eigenvalue weighted by Crippen LogP contribution is 2.22. The molecule has 2 heterocycles. The molecular formula is C14H18N2O2. The van der Waals surface area contributed by atoms with E-state index in [1.165, 1.54) is 0 Å². The zero-order valence-electron chi connectivity index (χ0n) is 10.8. The predicted molar refractivity (Wildman–Crippen MR) is 68.1 cm³/mol. The molecule has 96 valence electrons. The molecule has 4 heteroatoms. The monoisotopic (exact) mass is 246 g/mol. The molecule has 1 saturated heterocycles. The maximum atomic E-state index is 12.3. The van der Waals surface area contributed by atoms with Crippen molar-refractivity contribution in [3.05, 3.63) is 30.1 Å². The minimum atomic E-state index is -0.264. The zero-order chi connectivity index (χ0) is 13.1. The quantitative estimate of drug-likeness (QED) is 0.818. The van der Waals surface area contributed by atoms with Crippen molar-refractivity contribution in [2.24, 2.45) is 5.92 Å². The van der Waals surface area contributed by atoms with E-state index in [0.29, 0.717) is 12.2 Å². The number of aromatic nitrogens is 1. The van der Waals surface area contributed by atoms with Crippen LogP contribution in [0.5, 0.6) is 0 Å². The average Bonchev–Trinajstić information content (AvgIpc) is 2.87. The Morgan fingerprint density at radius 3 is 2.78 bits per heavy atom. The summed E-state index contributed by atoms with van der Waals surface area (Å²) in [6.07, 6.45) is 3.26. The highest BCUT2D eigenvalue weighted by atomic mass is 16.2. The zero-order valence-corrected chi connectivity index (χ0v) is 10.8. The van der Waals surface area contributed by atoms with E-state index in [1.54, 1.807) is 29.3 Å². The normalized spacial score (nSPS) is 19.3. The Labute approximate surface area is 107 Å². The number of Topliss-reactive ketones (excluding diaryl/α,β-unsaturated/α-hetero) is 1. The van der Waals surface area contributed by atoms with Crippen LogP contribution in [-0.2, 0) is 4.79 Å². The second-order valence-corrected chi connectivity index (χ2v) is 4.93. The predicted octanol–water partition coefficient (Wildman–Crippen LogP) is 1.91. The average molecular weight is 246 g/mol. The van der Waals surface area contributed by atoms with Gasteiger partial charge in [-0.05, 0) is 25.0 Å². The molecule has 1 unspecified atom stereocenters. The topological polar surface area (TPSA) is 50.3 Å².